The normalized spacial score (nSPS) is 15.3. The molecule has 0 spiro atoms. The highest BCUT2D eigenvalue weighted by molar-refractivity contribution is 6.04. The summed E-state index contributed by atoms with van der Waals surface area (Å²) in [4.78, 5) is 16.7. The van der Waals surface area contributed by atoms with Gasteiger partial charge in [0.05, 0.1) is 0 Å². The van der Waals surface area contributed by atoms with E-state index in [2.05, 4.69) is 22.0 Å². The predicted octanol–water partition coefficient (Wildman–Crippen LogP) is 3.38. The molecule has 1 amide bonds. The number of aromatic nitrogens is 2. The third kappa shape index (κ3) is 3.55. The fourth-order valence-corrected chi connectivity index (χ4v) is 3.04. The van der Waals surface area contributed by atoms with Gasteiger partial charge in [0.15, 0.2) is 11.5 Å². The summed E-state index contributed by atoms with van der Waals surface area (Å²) in [5.74, 6) is 1.52. The van der Waals surface area contributed by atoms with Crippen LogP contribution in [0.1, 0.15) is 37.2 Å². The highest BCUT2D eigenvalue weighted by atomic mass is 16.2. The Kier molecular flexibility index (Phi) is 5.08. The number of piperidine rings is 1. The number of carbonyl (C=O) groups is 1. The highest BCUT2D eigenvalue weighted by Gasteiger charge is 2.20. The average Bonchev–Trinajstić information content (AvgIpc) is 2.64. The number of hydrogen-bond acceptors (Lipinski definition) is 4. The van der Waals surface area contributed by atoms with Crippen molar-refractivity contribution in [1.29, 1.82) is 0 Å². The third-order valence-electron chi connectivity index (χ3n) is 4.61. The summed E-state index contributed by atoms with van der Waals surface area (Å²) < 4.78 is 0. The van der Waals surface area contributed by atoms with E-state index in [1.807, 2.05) is 43.3 Å². The molecule has 2 heterocycles. The Morgan fingerprint density at radius 1 is 1.12 bits per heavy atom. The van der Waals surface area contributed by atoms with Gasteiger partial charge in [-0.1, -0.05) is 25.1 Å². The lowest BCUT2D eigenvalue weighted by atomic mass is 9.99. The number of benzene rings is 1. The van der Waals surface area contributed by atoms with Gasteiger partial charge in [-0.05, 0) is 49.9 Å². The van der Waals surface area contributed by atoms with Crippen LogP contribution >= 0.6 is 0 Å². The summed E-state index contributed by atoms with van der Waals surface area (Å²) >= 11 is 0. The first kappa shape index (κ1) is 16.4. The van der Waals surface area contributed by atoms with Gasteiger partial charge in [-0.25, -0.2) is 0 Å². The van der Waals surface area contributed by atoms with Crippen molar-refractivity contribution in [1.82, 2.24) is 10.2 Å². The number of anilines is 2. The average molecular weight is 324 g/mol. The van der Waals surface area contributed by atoms with Crippen LogP contribution < -0.4 is 9.80 Å². The highest BCUT2D eigenvalue weighted by Crippen LogP contribution is 2.21. The van der Waals surface area contributed by atoms with Crippen LogP contribution in [-0.4, -0.2) is 35.7 Å². The van der Waals surface area contributed by atoms with E-state index in [4.69, 9.17) is 0 Å². The predicted molar refractivity (Wildman–Crippen MR) is 96.4 cm³/mol. The molecule has 1 aromatic heterocycles. The first-order chi connectivity index (χ1) is 11.7. The fourth-order valence-electron chi connectivity index (χ4n) is 3.04. The summed E-state index contributed by atoms with van der Waals surface area (Å²) in [6.07, 6.45) is 2.36. The molecular weight excluding hydrogens is 300 g/mol. The van der Waals surface area contributed by atoms with Crippen molar-refractivity contribution < 1.29 is 4.79 Å². The molecule has 3 rings (SSSR count). The first-order valence-corrected chi connectivity index (χ1v) is 8.64. The number of nitrogens with zero attached hydrogens (tertiary/aromatic N) is 4. The molecule has 1 aromatic carbocycles. The number of amides is 1. The molecule has 1 saturated heterocycles. The quantitative estimate of drug-likeness (QED) is 0.865. The van der Waals surface area contributed by atoms with Crippen molar-refractivity contribution in [2.45, 2.75) is 26.7 Å². The van der Waals surface area contributed by atoms with E-state index in [0.717, 1.165) is 30.5 Å². The number of rotatable bonds is 4. The van der Waals surface area contributed by atoms with Gasteiger partial charge in [-0.15, -0.1) is 10.2 Å². The molecule has 1 aliphatic heterocycles. The van der Waals surface area contributed by atoms with Gasteiger partial charge in [-0.2, -0.15) is 0 Å². The zero-order valence-electron chi connectivity index (χ0n) is 14.4. The summed E-state index contributed by atoms with van der Waals surface area (Å²) in [7, 11) is 0. The van der Waals surface area contributed by atoms with Crippen LogP contribution in [0, 0.1) is 5.92 Å². The van der Waals surface area contributed by atoms with Gasteiger partial charge in [0.25, 0.3) is 5.91 Å². The van der Waals surface area contributed by atoms with E-state index in [-0.39, 0.29) is 5.91 Å². The molecule has 0 bridgehead atoms. The van der Waals surface area contributed by atoms with E-state index in [9.17, 15) is 4.79 Å². The molecule has 0 aliphatic carbocycles. The molecule has 126 valence electrons. The molecule has 0 radical (unpaired) electrons. The molecule has 24 heavy (non-hydrogen) atoms. The van der Waals surface area contributed by atoms with Gasteiger partial charge < -0.3 is 9.80 Å². The summed E-state index contributed by atoms with van der Waals surface area (Å²) in [5, 5.41) is 8.47. The smallest absolute Gasteiger partial charge is 0.278 e. The Morgan fingerprint density at radius 3 is 2.42 bits per heavy atom. The molecule has 5 nitrogen and oxygen atoms in total. The molecule has 2 aromatic rings. The van der Waals surface area contributed by atoms with E-state index < -0.39 is 0 Å². The fraction of sp³-hybridized carbons (Fsp3) is 0.421. The Hall–Kier alpha value is -2.43. The standard InChI is InChI=1S/C19H24N4O/c1-3-23(16-7-5-4-6-8-16)19(24)17-9-10-18(21-20-17)22-13-11-15(2)12-14-22/h4-10,15H,3,11-14H2,1-2H3. The van der Waals surface area contributed by atoms with Crippen molar-refractivity contribution in [2.75, 3.05) is 29.4 Å². The zero-order valence-corrected chi connectivity index (χ0v) is 14.4. The molecule has 1 fully saturated rings. The lowest BCUT2D eigenvalue weighted by Gasteiger charge is -2.30. The van der Waals surface area contributed by atoms with Crippen LogP contribution in [0.5, 0.6) is 0 Å². The molecule has 0 N–H and O–H groups in total. The maximum Gasteiger partial charge on any atom is 0.278 e. The second-order valence-electron chi connectivity index (χ2n) is 6.33. The lowest BCUT2D eigenvalue weighted by molar-refractivity contribution is 0.0982. The molecular formula is C19H24N4O. The largest absolute Gasteiger partial charge is 0.355 e. The second-order valence-corrected chi connectivity index (χ2v) is 6.33. The minimum absolute atomic E-state index is 0.116. The molecule has 0 atom stereocenters. The first-order valence-electron chi connectivity index (χ1n) is 8.64. The summed E-state index contributed by atoms with van der Waals surface area (Å²) in [6, 6.07) is 13.4. The molecule has 1 aliphatic rings. The van der Waals surface area contributed by atoms with Crippen molar-refractivity contribution in [2.24, 2.45) is 5.92 Å². The van der Waals surface area contributed by atoms with Crippen molar-refractivity contribution in [3.05, 3.63) is 48.2 Å². The van der Waals surface area contributed by atoms with Crippen molar-refractivity contribution in [3.8, 4) is 0 Å². The lowest BCUT2D eigenvalue weighted by Crippen LogP contribution is -2.34. The van der Waals surface area contributed by atoms with Gasteiger partial charge in [0, 0.05) is 25.3 Å². The van der Waals surface area contributed by atoms with E-state index >= 15 is 0 Å². The number of carbonyl (C=O) groups excluding carboxylic acids is 1. The van der Waals surface area contributed by atoms with E-state index in [0.29, 0.717) is 12.2 Å². The van der Waals surface area contributed by atoms with Crippen molar-refractivity contribution in [3.63, 3.8) is 0 Å². The Labute approximate surface area is 143 Å². The van der Waals surface area contributed by atoms with Crippen LogP contribution in [0.4, 0.5) is 11.5 Å². The molecule has 5 heteroatoms. The Balaban J connectivity index is 1.73. The van der Waals surface area contributed by atoms with Crippen LogP contribution in [0.3, 0.4) is 0 Å². The zero-order chi connectivity index (χ0) is 16.9. The third-order valence-corrected chi connectivity index (χ3v) is 4.61. The van der Waals surface area contributed by atoms with Gasteiger partial charge in [0.1, 0.15) is 0 Å². The van der Waals surface area contributed by atoms with Gasteiger partial charge in [-0.3, -0.25) is 4.79 Å². The maximum absolute atomic E-state index is 12.7. The topological polar surface area (TPSA) is 49.3 Å². The van der Waals surface area contributed by atoms with E-state index in [1.165, 1.54) is 12.8 Å². The Morgan fingerprint density at radius 2 is 1.83 bits per heavy atom. The van der Waals surface area contributed by atoms with E-state index in [1.54, 1.807) is 11.0 Å². The second kappa shape index (κ2) is 7.43. The van der Waals surface area contributed by atoms with Crippen molar-refractivity contribution >= 4 is 17.4 Å². The SMILES string of the molecule is CCN(C(=O)c1ccc(N2CCC(C)CC2)nn1)c1ccccc1. The summed E-state index contributed by atoms with van der Waals surface area (Å²) in [6.45, 7) is 6.86. The van der Waals surface area contributed by atoms with Gasteiger partial charge in [0.2, 0.25) is 0 Å². The Bertz CT molecular complexity index is 664. The summed E-state index contributed by atoms with van der Waals surface area (Å²) in [5.41, 5.74) is 1.26. The van der Waals surface area contributed by atoms with Crippen LogP contribution in [-0.2, 0) is 0 Å². The minimum atomic E-state index is -0.116. The number of hydrogen-bond donors (Lipinski definition) is 0. The van der Waals surface area contributed by atoms with Crippen LogP contribution in [0.15, 0.2) is 42.5 Å². The monoisotopic (exact) mass is 324 g/mol. The molecule has 0 saturated carbocycles. The maximum atomic E-state index is 12.7. The number of para-hydroxylation sites is 1. The molecule has 0 unspecified atom stereocenters. The van der Waals surface area contributed by atoms with Gasteiger partial charge >= 0.3 is 0 Å². The minimum Gasteiger partial charge on any atom is -0.355 e. The van der Waals surface area contributed by atoms with Crippen LogP contribution in [0.2, 0.25) is 0 Å². The van der Waals surface area contributed by atoms with Crippen LogP contribution in [0.25, 0.3) is 0 Å².